The molecule has 4 heteroatoms. The maximum atomic E-state index is 5.54. The summed E-state index contributed by atoms with van der Waals surface area (Å²) in [7, 11) is 0. The van der Waals surface area contributed by atoms with Gasteiger partial charge in [0.2, 0.25) is 6.33 Å². The summed E-state index contributed by atoms with van der Waals surface area (Å²) in [6, 6.07) is 23.9. The SMILES string of the molecule is CCOc1ccc(-[n+]2c[nH]c3cc(CCc4ccc(CC)cc4)ccc32)cc1.[OH-]. The molecule has 4 nitrogen and oxygen atoms in total. The maximum absolute atomic E-state index is 5.54. The van der Waals surface area contributed by atoms with Crippen LogP contribution in [-0.4, -0.2) is 17.1 Å². The fourth-order valence-electron chi connectivity index (χ4n) is 3.58. The molecule has 0 aliphatic carbocycles. The number of nitrogens with zero attached hydrogens (tertiary/aromatic N) is 1. The standard InChI is InChI=1S/C25H26N2O.H2O/c1-3-19-5-7-20(8-6-19)9-10-21-11-16-25-24(17-21)26-18-27(25)22-12-14-23(15-13-22)28-4-2;/h5-8,11-18H,3-4,9-10H2,1-2H3;1H2. The molecule has 0 bridgehead atoms. The van der Waals surface area contributed by atoms with Crippen LogP contribution < -0.4 is 9.30 Å². The number of H-pyrrole nitrogens is 1. The maximum Gasteiger partial charge on any atom is 0.247 e. The first-order valence-electron chi connectivity index (χ1n) is 10.1. The Morgan fingerprint density at radius 2 is 1.45 bits per heavy atom. The number of ether oxygens (including phenoxy) is 1. The molecule has 0 saturated carbocycles. The van der Waals surface area contributed by atoms with E-state index in [-0.39, 0.29) is 5.48 Å². The number of aromatic nitrogens is 2. The first-order valence-corrected chi connectivity index (χ1v) is 10.1. The Bertz CT molecular complexity index is 1050. The van der Waals surface area contributed by atoms with Crippen molar-refractivity contribution in [2.75, 3.05) is 6.61 Å². The second-order valence-corrected chi connectivity index (χ2v) is 7.09. The van der Waals surface area contributed by atoms with Crippen molar-refractivity contribution in [3.05, 3.63) is 89.7 Å². The summed E-state index contributed by atoms with van der Waals surface area (Å²) in [5.41, 5.74) is 7.61. The van der Waals surface area contributed by atoms with E-state index in [2.05, 4.69) is 71.1 Å². The fourth-order valence-corrected chi connectivity index (χ4v) is 3.58. The summed E-state index contributed by atoms with van der Waals surface area (Å²) < 4.78 is 7.72. The molecule has 0 aliphatic heterocycles. The number of fused-ring (bicyclic) bond motifs is 1. The molecule has 4 aromatic rings. The van der Waals surface area contributed by atoms with Gasteiger partial charge in [-0.05, 0) is 79.3 Å². The van der Waals surface area contributed by atoms with Gasteiger partial charge in [0.1, 0.15) is 11.4 Å². The van der Waals surface area contributed by atoms with E-state index in [0.717, 1.165) is 36.2 Å². The van der Waals surface area contributed by atoms with Crippen LogP contribution in [0.4, 0.5) is 0 Å². The second kappa shape index (κ2) is 9.39. The molecule has 0 amide bonds. The average Bonchev–Trinajstić information content (AvgIpc) is 3.17. The number of aryl methyl sites for hydroxylation is 3. The van der Waals surface area contributed by atoms with Crippen LogP contribution >= 0.6 is 0 Å². The molecular formula is C25H28N2O2. The Hall–Kier alpha value is -3.11. The van der Waals surface area contributed by atoms with E-state index in [9.17, 15) is 0 Å². The largest absolute Gasteiger partial charge is 0.870 e. The van der Waals surface area contributed by atoms with Crippen molar-refractivity contribution in [1.29, 1.82) is 0 Å². The van der Waals surface area contributed by atoms with Gasteiger partial charge in [-0.2, -0.15) is 4.57 Å². The van der Waals surface area contributed by atoms with Gasteiger partial charge in [-0.1, -0.05) is 37.3 Å². The van der Waals surface area contributed by atoms with Gasteiger partial charge in [0, 0.05) is 0 Å². The van der Waals surface area contributed by atoms with Gasteiger partial charge in [-0.25, -0.2) is 4.98 Å². The normalized spacial score (nSPS) is 10.7. The third-order valence-electron chi connectivity index (χ3n) is 5.23. The fraction of sp³-hybridized carbons (Fsp3) is 0.240. The number of benzene rings is 3. The lowest BCUT2D eigenvalue weighted by Crippen LogP contribution is -2.28. The molecule has 0 atom stereocenters. The average molecular weight is 389 g/mol. The molecule has 29 heavy (non-hydrogen) atoms. The number of nitrogens with one attached hydrogen (secondary N) is 1. The summed E-state index contributed by atoms with van der Waals surface area (Å²) >= 11 is 0. The molecule has 4 rings (SSSR count). The highest BCUT2D eigenvalue weighted by atomic mass is 16.5. The highest BCUT2D eigenvalue weighted by Gasteiger charge is 2.12. The number of imidazole rings is 1. The van der Waals surface area contributed by atoms with Crippen LogP contribution in [0, 0.1) is 0 Å². The van der Waals surface area contributed by atoms with Crippen LogP contribution in [-0.2, 0) is 19.3 Å². The monoisotopic (exact) mass is 388 g/mol. The van der Waals surface area contributed by atoms with Gasteiger partial charge >= 0.3 is 0 Å². The summed E-state index contributed by atoms with van der Waals surface area (Å²) in [4.78, 5) is 3.41. The predicted molar refractivity (Wildman–Crippen MR) is 116 cm³/mol. The summed E-state index contributed by atoms with van der Waals surface area (Å²) in [5.74, 6) is 0.904. The van der Waals surface area contributed by atoms with Gasteiger partial charge in [0.05, 0.1) is 6.61 Å². The van der Waals surface area contributed by atoms with Gasteiger partial charge in [0.25, 0.3) is 0 Å². The molecule has 3 aromatic carbocycles. The molecule has 0 aliphatic rings. The van der Waals surface area contributed by atoms with Crippen LogP contribution in [0.25, 0.3) is 16.7 Å². The molecule has 1 aromatic heterocycles. The molecule has 1 heterocycles. The highest BCUT2D eigenvalue weighted by Crippen LogP contribution is 2.17. The number of rotatable bonds is 7. The van der Waals surface area contributed by atoms with Crippen LogP contribution in [0.1, 0.15) is 30.5 Å². The third-order valence-corrected chi connectivity index (χ3v) is 5.23. The molecule has 0 spiro atoms. The Labute approximate surface area is 172 Å². The van der Waals surface area contributed by atoms with E-state index < -0.39 is 0 Å². The summed E-state index contributed by atoms with van der Waals surface area (Å²) in [6.45, 7) is 4.88. The Kier molecular flexibility index (Phi) is 6.68. The zero-order chi connectivity index (χ0) is 19.3. The second-order valence-electron chi connectivity index (χ2n) is 7.09. The van der Waals surface area contributed by atoms with Crippen molar-refractivity contribution in [2.45, 2.75) is 33.1 Å². The first-order chi connectivity index (χ1) is 13.8. The minimum absolute atomic E-state index is 0. The van der Waals surface area contributed by atoms with E-state index in [0.29, 0.717) is 6.61 Å². The van der Waals surface area contributed by atoms with Crippen molar-refractivity contribution < 1.29 is 14.8 Å². The smallest absolute Gasteiger partial charge is 0.247 e. The Morgan fingerprint density at radius 3 is 2.14 bits per heavy atom. The quantitative estimate of drug-likeness (QED) is 0.452. The van der Waals surface area contributed by atoms with Crippen molar-refractivity contribution >= 4 is 11.0 Å². The van der Waals surface area contributed by atoms with Crippen LogP contribution in [0.15, 0.2) is 73.1 Å². The predicted octanol–water partition coefficient (Wildman–Crippen LogP) is 5.01. The Balaban J connectivity index is 0.00000240. The van der Waals surface area contributed by atoms with Gasteiger partial charge in [0.15, 0.2) is 11.0 Å². The molecule has 0 saturated heterocycles. The molecule has 0 radical (unpaired) electrons. The first kappa shape index (κ1) is 20.6. The van der Waals surface area contributed by atoms with Crippen molar-refractivity contribution in [1.82, 2.24) is 4.98 Å². The molecule has 2 N–H and O–H groups in total. The van der Waals surface area contributed by atoms with Crippen LogP contribution in [0.5, 0.6) is 5.75 Å². The molecule has 0 fully saturated rings. The minimum Gasteiger partial charge on any atom is -0.870 e. The van der Waals surface area contributed by atoms with Gasteiger partial charge in [-0.3, -0.25) is 0 Å². The third kappa shape index (κ3) is 4.66. The molecule has 150 valence electrons. The number of hydrogen-bond donors (Lipinski definition) is 1. The topological polar surface area (TPSA) is 58.9 Å². The minimum atomic E-state index is 0. The van der Waals surface area contributed by atoms with Crippen LogP contribution in [0.3, 0.4) is 0 Å². The van der Waals surface area contributed by atoms with E-state index in [4.69, 9.17) is 4.74 Å². The van der Waals surface area contributed by atoms with Crippen molar-refractivity contribution in [2.24, 2.45) is 0 Å². The summed E-state index contributed by atoms with van der Waals surface area (Å²) in [5, 5.41) is 0. The molecule has 0 unspecified atom stereocenters. The summed E-state index contributed by atoms with van der Waals surface area (Å²) in [6.07, 6.45) is 5.23. The van der Waals surface area contributed by atoms with Crippen LogP contribution in [0.2, 0.25) is 0 Å². The van der Waals surface area contributed by atoms with E-state index in [1.807, 2.05) is 25.4 Å². The molecular weight excluding hydrogens is 360 g/mol. The lowest BCUT2D eigenvalue weighted by molar-refractivity contribution is -0.567. The van der Waals surface area contributed by atoms with E-state index >= 15 is 0 Å². The lowest BCUT2D eigenvalue weighted by atomic mass is 10.0. The van der Waals surface area contributed by atoms with Gasteiger partial charge < -0.3 is 10.2 Å². The Morgan fingerprint density at radius 1 is 0.793 bits per heavy atom. The van der Waals surface area contributed by atoms with Crippen molar-refractivity contribution in [3.63, 3.8) is 0 Å². The van der Waals surface area contributed by atoms with Gasteiger partial charge in [-0.15, -0.1) is 0 Å². The zero-order valence-electron chi connectivity index (χ0n) is 17.1. The van der Waals surface area contributed by atoms with E-state index in [1.165, 1.54) is 22.2 Å². The van der Waals surface area contributed by atoms with E-state index in [1.54, 1.807) is 0 Å². The lowest BCUT2D eigenvalue weighted by Gasteiger charge is -2.04. The highest BCUT2D eigenvalue weighted by molar-refractivity contribution is 5.72. The van der Waals surface area contributed by atoms with Crippen molar-refractivity contribution in [3.8, 4) is 11.4 Å². The zero-order valence-corrected chi connectivity index (χ0v) is 17.1. The number of aromatic amines is 1. The number of hydrogen-bond acceptors (Lipinski definition) is 2.